The third kappa shape index (κ3) is 7.35. The number of carbonyl (C=O) groups is 2. The summed E-state index contributed by atoms with van der Waals surface area (Å²) in [5, 5.41) is 5.74. The van der Waals surface area contributed by atoms with Crippen molar-refractivity contribution in [2.45, 2.75) is 25.8 Å². The summed E-state index contributed by atoms with van der Waals surface area (Å²) in [5.74, 6) is 0.724. The highest BCUT2D eigenvalue weighted by molar-refractivity contribution is 6.04. The molecule has 7 heteroatoms. The minimum Gasteiger partial charge on any atom is -0.497 e. The number of hydrogen-bond acceptors (Lipinski definition) is 4. The van der Waals surface area contributed by atoms with Gasteiger partial charge in [-0.15, -0.1) is 0 Å². The molecule has 0 aliphatic rings. The van der Waals surface area contributed by atoms with E-state index in [0.29, 0.717) is 30.7 Å². The Hall–Kier alpha value is -3.87. The Balaban J connectivity index is 1.40. The van der Waals surface area contributed by atoms with Gasteiger partial charge in [-0.2, -0.15) is 0 Å². The lowest BCUT2D eigenvalue weighted by Crippen LogP contribution is -2.26. The molecule has 0 saturated carbocycles. The zero-order valence-corrected chi connectivity index (χ0v) is 18.6. The van der Waals surface area contributed by atoms with Crippen LogP contribution in [0.15, 0.2) is 72.8 Å². The number of nitrogens with one attached hydrogen (secondary N) is 2. The minimum absolute atomic E-state index is 0.0606. The Kier molecular flexibility index (Phi) is 8.41. The van der Waals surface area contributed by atoms with E-state index in [1.54, 1.807) is 19.2 Å². The molecule has 6 nitrogen and oxygen atoms in total. The molecule has 33 heavy (non-hydrogen) atoms. The second-order valence-corrected chi connectivity index (χ2v) is 7.50. The average Bonchev–Trinajstić information content (AvgIpc) is 2.83. The maximum Gasteiger partial charge on any atom is 0.255 e. The smallest absolute Gasteiger partial charge is 0.255 e. The van der Waals surface area contributed by atoms with Crippen molar-refractivity contribution in [2.24, 2.45) is 0 Å². The van der Waals surface area contributed by atoms with Gasteiger partial charge in [-0.3, -0.25) is 9.59 Å². The highest BCUT2D eigenvalue weighted by atomic mass is 19.1. The molecule has 3 aromatic rings. The monoisotopic (exact) mass is 450 g/mol. The molecule has 0 aromatic heterocycles. The van der Waals surface area contributed by atoms with Crippen LogP contribution in [0.1, 0.15) is 41.7 Å². The fraction of sp³-hybridized carbons (Fsp3) is 0.231. The molecule has 3 rings (SSSR count). The van der Waals surface area contributed by atoms with Crippen molar-refractivity contribution in [2.75, 3.05) is 19.0 Å². The molecule has 2 N–H and O–H groups in total. The molecule has 3 aromatic carbocycles. The van der Waals surface area contributed by atoms with Gasteiger partial charge >= 0.3 is 0 Å². The Bertz CT molecular complexity index is 1050. The number of rotatable bonds is 10. The number of hydrogen-bond donors (Lipinski definition) is 2. The van der Waals surface area contributed by atoms with E-state index in [0.717, 1.165) is 17.1 Å². The molecule has 0 aliphatic heterocycles. The maximum atomic E-state index is 13.0. The Morgan fingerprint density at radius 2 is 1.55 bits per heavy atom. The van der Waals surface area contributed by atoms with Crippen LogP contribution < -0.4 is 20.1 Å². The van der Waals surface area contributed by atoms with E-state index in [4.69, 9.17) is 9.47 Å². The normalized spacial score (nSPS) is 11.4. The molecule has 2 amide bonds. The zero-order chi connectivity index (χ0) is 23.6. The fourth-order valence-electron chi connectivity index (χ4n) is 3.15. The van der Waals surface area contributed by atoms with Crippen LogP contribution in [-0.4, -0.2) is 25.5 Å². The SMILES string of the molecule is COc1ccc(OCCCC(=O)NC(C)c2ccc(NC(=O)c3ccc(F)cc3)cc2)cc1. The Morgan fingerprint density at radius 1 is 0.909 bits per heavy atom. The molecule has 0 spiro atoms. The average molecular weight is 451 g/mol. The topological polar surface area (TPSA) is 76.7 Å². The molecule has 0 heterocycles. The first-order valence-electron chi connectivity index (χ1n) is 10.7. The van der Waals surface area contributed by atoms with Gasteiger partial charge in [0.1, 0.15) is 17.3 Å². The lowest BCUT2D eigenvalue weighted by Gasteiger charge is -2.15. The largest absolute Gasteiger partial charge is 0.497 e. The van der Waals surface area contributed by atoms with E-state index in [9.17, 15) is 14.0 Å². The van der Waals surface area contributed by atoms with Gasteiger partial charge in [0.05, 0.1) is 19.8 Å². The summed E-state index contributed by atoms with van der Waals surface area (Å²) in [4.78, 5) is 24.5. The van der Waals surface area contributed by atoms with E-state index in [2.05, 4.69) is 10.6 Å². The number of anilines is 1. The molecule has 1 atom stereocenters. The first kappa shape index (κ1) is 23.8. The van der Waals surface area contributed by atoms with Crippen molar-refractivity contribution < 1.29 is 23.5 Å². The molecule has 1 unspecified atom stereocenters. The molecule has 0 saturated heterocycles. The molecule has 0 bridgehead atoms. The van der Waals surface area contributed by atoms with E-state index >= 15 is 0 Å². The second kappa shape index (κ2) is 11.7. The van der Waals surface area contributed by atoms with Crippen LogP contribution in [-0.2, 0) is 4.79 Å². The van der Waals surface area contributed by atoms with Crippen molar-refractivity contribution in [1.82, 2.24) is 5.32 Å². The van der Waals surface area contributed by atoms with Crippen molar-refractivity contribution in [3.63, 3.8) is 0 Å². The number of amides is 2. The number of carbonyl (C=O) groups excluding carboxylic acids is 2. The van der Waals surface area contributed by atoms with Crippen LogP contribution in [0.4, 0.5) is 10.1 Å². The summed E-state index contributed by atoms with van der Waals surface area (Å²) in [5.41, 5.74) is 1.90. The van der Waals surface area contributed by atoms with Crippen molar-refractivity contribution in [1.29, 1.82) is 0 Å². The number of halogens is 1. The van der Waals surface area contributed by atoms with Crippen LogP contribution >= 0.6 is 0 Å². The van der Waals surface area contributed by atoms with Crippen LogP contribution in [0.2, 0.25) is 0 Å². The van der Waals surface area contributed by atoms with Crippen LogP contribution in [0, 0.1) is 5.82 Å². The predicted molar refractivity (Wildman–Crippen MR) is 125 cm³/mol. The van der Waals surface area contributed by atoms with Crippen LogP contribution in [0.3, 0.4) is 0 Å². The Labute approximate surface area is 192 Å². The standard InChI is InChI=1S/C26H27FN2O4/c1-18(28-25(30)4-3-17-33-24-15-13-23(32-2)14-16-24)19-7-11-22(12-8-19)29-26(31)20-5-9-21(27)10-6-20/h5-16,18H,3-4,17H2,1-2H3,(H,28,30)(H,29,31). The maximum absolute atomic E-state index is 13.0. The van der Waals surface area contributed by atoms with Crippen molar-refractivity contribution in [3.8, 4) is 11.5 Å². The quantitative estimate of drug-likeness (QED) is 0.420. The highest BCUT2D eigenvalue weighted by Crippen LogP contribution is 2.18. The number of ether oxygens (including phenoxy) is 2. The Morgan fingerprint density at radius 3 is 2.18 bits per heavy atom. The van der Waals surface area contributed by atoms with Gasteiger partial charge in [0.15, 0.2) is 0 Å². The van der Waals surface area contributed by atoms with Gasteiger partial charge in [0, 0.05) is 17.7 Å². The molecule has 0 fully saturated rings. The van der Waals surface area contributed by atoms with E-state index < -0.39 is 5.82 Å². The zero-order valence-electron chi connectivity index (χ0n) is 18.6. The molecular formula is C26H27FN2O4. The molecule has 0 radical (unpaired) electrons. The molecule has 172 valence electrons. The minimum atomic E-state index is -0.392. The third-order valence-corrected chi connectivity index (χ3v) is 5.03. The summed E-state index contributed by atoms with van der Waals surface area (Å²) in [6.07, 6.45) is 0.950. The van der Waals surface area contributed by atoms with Gasteiger partial charge in [-0.05, 0) is 79.6 Å². The van der Waals surface area contributed by atoms with E-state index in [1.165, 1.54) is 24.3 Å². The summed E-state index contributed by atoms with van der Waals surface area (Å²) in [7, 11) is 1.61. The first-order chi connectivity index (χ1) is 15.9. The fourth-order valence-corrected chi connectivity index (χ4v) is 3.15. The van der Waals surface area contributed by atoms with Gasteiger partial charge in [-0.25, -0.2) is 4.39 Å². The van der Waals surface area contributed by atoms with Gasteiger partial charge in [0.25, 0.3) is 5.91 Å². The summed E-state index contributed by atoms with van der Waals surface area (Å²) >= 11 is 0. The second-order valence-electron chi connectivity index (χ2n) is 7.50. The predicted octanol–water partition coefficient (Wildman–Crippen LogP) is 5.12. The first-order valence-corrected chi connectivity index (χ1v) is 10.7. The van der Waals surface area contributed by atoms with E-state index in [-0.39, 0.29) is 17.9 Å². The highest BCUT2D eigenvalue weighted by Gasteiger charge is 2.11. The number of methoxy groups -OCH3 is 1. The van der Waals surface area contributed by atoms with Crippen LogP contribution in [0.25, 0.3) is 0 Å². The van der Waals surface area contributed by atoms with Crippen molar-refractivity contribution in [3.05, 3.63) is 89.7 Å². The lowest BCUT2D eigenvalue weighted by molar-refractivity contribution is -0.121. The summed E-state index contributed by atoms with van der Waals surface area (Å²) in [6.45, 7) is 2.34. The third-order valence-electron chi connectivity index (χ3n) is 5.03. The summed E-state index contributed by atoms with van der Waals surface area (Å²) < 4.78 is 23.7. The van der Waals surface area contributed by atoms with E-state index in [1.807, 2.05) is 43.3 Å². The van der Waals surface area contributed by atoms with Gasteiger partial charge in [0.2, 0.25) is 5.91 Å². The van der Waals surface area contributed by atoms with Gasteiger partial charge < -0.3 is 20.1 Å². The molecule has 0 aliphatic carbocycles. The van der Waals surface area contributed by atoms with Crippen molar-refractivity contribution >= 4 is 17.5 Å². The van der Waals surface area contributed by atoms with Crippen LogP contribution in [0.5, 0.6) is 11.5 Å². The number of benzene rings is 3. The molecular weight excluding hydrogens is 423 g/mol. The summed E-state index contributed by atoms with van der Waals surface area (Å²) in [6, 6.07) is 19.7. The lowest BCUT2D eigenvalue weighted by atomic mass is 10.1. The van der Waals surface area contributed by atoms with Gasteiger partial charge in [-0.1, -0.05) is 12.1 Å².